The summed E-state index contributed by atoms with van der Waals surface area (Å²) in [6, 6.07) is 4.74. The van der Waals surface area contributed by atoms with Crippen LogP contribution in [0.25, 0.3) is 0 Å². The fourth-order valence-corrected chi connectivity index (χ4v) is 2.32. The van der Waals surface area contributed by atoms with Crippen molar-refractivity contribution in [2.75, 3.05) is 13.7 Å². The summed E-state index contributed by atoms with van der Waals surface area (Å²) in [7, 11) is 1.46. The number of carbonyl (C=O) groups is 1. The fourth-order valence-electron chi connectivity index (χ4n) is 2.32. The molecule has 0 aliphatic carbocycles. The number of alkyl halides is 3. The van der Waals surface area contributed by atoms with Gasteiger partial charge in [-0.15, -0.1) is 0 Å². The number of fused-ring (bicyclic) bond motifs is 1. The summed E-state index contributed by atoms with van der Waals surface area (Å²) in [5.74, 6) is -0.267. The highest BCUT2D eigenvalue weighted by atomic mass is 19.4. The van der Waals surface area contributed by atoms with Gasteiger partial charge < -0.3 is 9.47 Å². The van der Waals surface area contributed by atoms with Gasteiger partial charge in [0, 0.05) is 0 Å². The number of methoxy groups -OCH3 is 1. The maximum Gasteiger partial charge on any atom is 0.394 e. The van der Waals surface area contributed by atoms with Crippen molar-refractivity contribution in [1.29, 1.82) is 0 Å². The zero-order chi connectivity index (χ0) is 15.8. The van der Waals surface area contributed by atoms with Gasteiger partial charge in [-0.2, -0.15) is 13.2 Å². The van der Waals surface area contributed by atoms with E-state index in [0.717, 1.165) is 13.8 Å². The van der Waals surface area contributed by atoms with E-state index in [0.29, 0.717) is 11.5 Å². The van der Waals surface area contributed by atoms with Crippen molar-refractivity contribution in [3.05, 3.63) is 23.8 Å². The molecule has 1 aromatic rings. The van der Waals surface area contributed by atoms with Crippen molar-refractivity contribution in [1.82, 2.24) is 0 Å². The van der Waals surface area contributed by atoms with Crippen molar-refractivity contribution in [2.24, 2.45) is 11.3 Å². The standard InChI is InChI=1S/C15H17F3O3/c1-14(2,15(16,17)18)7-9-8-21-12-5-4-10(20-3)6-11(12)13(9)19/h4-6,9H,7-8H2,1-3H3. The van der Waals surface area contributed by atoms with E-state index in [9.17, 15) is 18.0 Å². The predicted octanol–water partition coefficient (Wildman–Crippen LogP) is 3.87. The summed E-state index contributed by atoms with van der Waals surface area (Å²) < 4.78 is 49.3. The molecular weight excluding hydrogens is 285 g/mol. The molecule has 1 atom stereocenters. The van der Waals surface area contributed by atoms with Crippen LogP contribution in [0.4, 0.5) is 13.2 Å². The largest absolute Gasteiger partial charge is 0.497 e. The first-order valence-electron chi connectivity index (χ1n) is 6.57. The number of rotatable bonds is 3. The Morgan fingerprint density at radius 3 is 2.57 bits per heavy atom. The van der Waals surface area contributed by atoms with E-state index in [1.165, 1.54) is 13.2 Å². The minimum Gasteiger partial charge on any atom is -0.497 e. The molecule has 3 nitrogen and oxygen atoms in total. The highest BCUT2D eigenvalue weighted by molar-refractivity contribution is 6.01. The van der Waals surface area contributed by atoms with E-state index >= 15 is 0 Å². The predicted molar refractivity (Wildman–Crippen MR) is 70.8 cm³/mol. The van der Waals surface area contributed by atoms with Crippen LogP contribution in [-0.2, 0) is 0 Å². The Labute approximate surface area is 121 Å². The lowest BCUT2D eigenvalue weighted by Gasteiger charge is -2.33. The maximum atomic E-state index is 13.0. The van der Waals surface area contributed by atoms with Gasteiger partial charge >= 0.3 is 6.18 Å². The smallest absolute Gasteiger partial charge is 0.394 e. The molecule has 1 aromatic carbocycles. The summed E-state index contributed by atoms with van der Waals surface area (Å²) in [6.07, 6.45) is -4.66. The minimum absolute atomic E-state index is 0.0301. The highest BCUT2D eigenvalue weighted by Crippen LogP contribution is 2.44. The molecule has 0 fully saturated rings. The first-order valence-corrected chi connectivity index (χ1v) is 6.57. The van der Waals surface area contributed by atoms with Gasteiger partial charge in [0.15, 0.2) is 5.78 Å². The topological polar surface area (TPSA) is 35.5 Å². The van der Waals surface area contributed by atoms with Crippen molar-refractivity contribution in [3.63, 3.8) is 0 Å². The van der Waals surface area contributed by atoms with Gasteiger partial charge in [-0.25, -0.2) is 0 Å². The number of carbonyl (C=O) groups excluding carboxylic acids is 1. The lowest BCUT2D eigenvalue weighted by atomic mass is 9.78. The number of hydrogen-bond donors (Lipinski definition) is 0. The third-order valence-corrected chi connectivity index (χ3v) is 3.79. The van der Waals surface area contributed by atoms with Crippen molar-refractivity contribution < 1.29 is 27.4 Å². The number of ether oxygens (including phenoxy) is 2. The fraction of sp³-hybridized carbons (Fsp3) is 0.533. The Morgan fingerprint density at radius 2 is 2.00 bits per heavy atom. The molecule has 2 rings (SSSR count). The lowest BCUT2D eigenvalue weighted by molar-refractivity contribution is -0.216. The van der Waals surface area contributed by atoms with Gasteiger partial charge in [-0.05, 0) is 24.6 Å². The van der Waals surface area contributed by atoms with Crippen molar-refractivity contribution in [2.45, 2.75) is 26.4 Å². The van der Waals surface area contributed by atoms with Crippen LogP contribution in [0.3, 0.4) is 0 Å². The highest BCUT2D eigenvalue weighted by Gasteiger charge is 2.49. The molecule has 116 valence electrons. The molecule has 1 heterocycles. The molecule has 0 N–H and O–H groups in total. The first kappa shape index (κ1) is 15.7. The Kier molecular flexibility index (Phi) is 3.91. The minimum atomic E-state index is -4.36. The molecule has 1 aliphatic heterocycles. The second-order valence-electron chi connectivity index (χ2n) is 5.82. The summed E-state index contributed by atoms with van der Waals surface area (Å²) >= 11 is 0. The molecule has 0 saturated heterocycles. The molecule has 6 heteroatoms. The number of hydrogen-bond acceptors (Lipinski definition) is 3. The molecule has 0 aromatic heterocycles. The SMILES string of the molecule is COc1ccc2c(c1)C(=O)C(CC(C)(C)C(F)(F)F)CO2. The van der Waals surface area contributed by atoms with E-state index < -0.39 is 17.5 Å². The second kappa shape index (κ2) is 5.24. The molecular formula is C15H17F3O3. The van der Waals surface area contributed by atoms with E-state index in [-0.39, 0.29) is 24.4 Å². The van der Waals surface area contributed by atoms with Crippen LogP contribution < -0.4 is 9.47 Å². The summed E-state index contributed by atoms with van der Waals surface area (Å²) in [5, 5.41) is 0. The zero-order valence-electron chi connectivity index (χ0n) is 12.1. The monoisotopic (exact) mass is 302 g/mol. The summed E-state index contributed by atoms with van der Waals surface area (Å²) in [4.78, 5) is 12.4. The van der Waals surface area contributed by atoms with Gasteiger partial charge in [-0.3, -0.25) is 4.79 Å². The van der Waals surface area contributed by atoms with Crippen LogP contribution in [-0.4, -0.2) is 25.7 Å². The molecule has 0 radical (unpaired) electrons. The Bertz CT molecular complexity index is 550. The van der Waals surface area contributed by atoms with Crippen LogP contribution in [0.1, 0.15) is 30.6 Å². The van der Waals surface area contributed by atoms with Gasteiger partial charge in [0.25, 0.3) is 0 Å². The molecule has 21 heavy (non-hydrogen) atoms. The van der Waals surface area contributed by atoms with E-state index in [1.54, 1.807) is 12.1 Å². The van der Waals surface area contributed by atoms with Gasteiger partial charge in [-0.1, -0.05) is 13.8 Å². The van der Waals surface area contributed by atoms with Gasteiger partial charge in [0.05, 0.1) is 30.6 Å². The van der Waals surface area contributed by atoms with E-state index in [1.807, 2.05) is 0 Å². The summed E-state index contributed by atoms with van der Waals surface area (Å²) in [6.45, 7) is 2.17. The average Bonchev–Trinajstić information content (AvgIpc) is 2.40. The van der Waals surface area contributed by atoms with E-state index in [2.05, 4.69) is 0 Å². The second-order valence-corrected chi connectivity index (χ2v) is 5.82. The summed E-state index contributed by atoms with van der Waals surface area (Å²) in [5.41, 5.74) is -1.66. The molecule has 0 amide bonds. The first-order chi connectivity index (χ1) is 9.65. The molecule has 0 spiro atoms. The lowest BCUT2D eigenvalue weighted by Crippen LogP contribution is -2.39. The molecule has 1 aliphatic rings. The van der Waals surface area contributed by atoms with Gasteiger partial charge in [0.2, 0.25) is 0 Å². The molecule has 0 bridgehead atoms. The van der Waals surface area contributed by atoms with Crippen LogP contribution in [0.5, 0.6) is 11.5 Å². The zero-order valence-corrected chi connectivity index (χ0v) is 12.1. The van der Waals surface area contributed by atoms with Gasteiger partial charge in [0.1, 0.15) is 11.5 Å². The molecule has 1 unspecified atom stereocenters. The quantitative estimate of drug-likeness (QED) is 0.850. The normalized spacial score (nSPS) is 19.0. The van der Waals surface area contributed by atoms with Crippen LogP contribution in [0.15, 0.2) is 18.2 Å². The van der Waals surface area contributed by atoms with Crippen molar-refractivity contribution >= 4 is 5.78 Å². The number of halogens is 3. The Balaban J connectivity index is 2.24. The van der Waals surface area contributed by atoms with Crippen LogP contribution in [0.2, 0.25) is 0 Å². The van der Waals surface area contributed by atoms with E-state index in [4.69, 9.17) is 9.47 Å². The third-order valence-electron chi connectivity index (χ3n) is 3.79. The van der Waals surface area contributed by atoms with Crippen molar-refractivity contribution in [3.8, 4) is 11.5 Å². The average molecular weight is 302 g/mol. The third kappa shape index (κ3) is 2.99. The number of Topliss-reactive ketones (excluding diaryl/α,β-unsaturated/α-hetero) is 1. The Morgan fingerprint density at radius 1 is 1.33 bits per heavy atom. The number of benzene rings is 1. The van der Waals surface area contributed by atoms with Crippen LogP contribution in [0, 0.1) is 11.3 Å². The number of ketones is 1. The molecule has 0 saturated carbocycles. The maximum absolute atomic E-state index is 13.0. The van der Waals surface area contributed by atoms with Crippen LogP contribution >= 0.6 is 0 Å². The Hall–Kier alpha value is -1.72.